The summed E-state index contributed by atoms with van der Waals surface area (Å²) in [6.45, 7) is 7.61. The molecule has 0 N–H and O–H groups in total. The van der Waals surface area contributed by atoms with Crippen molar-refractivity contribution in [1.82, 2.24) is 4.90 Å². The summed E-state index contributed by atoms with van der Waals surface area (Å²) in [5.74, 6) is 0.693. The molecule has 2 atom stereocenters. The Hall–Kier alpha value is -1.80. The number of likely N-dealkylation sites (N-methyl/N-ethyl adjacent to an activating group) is 1. The Morgan fingerprint density at radius 3 is 2.58 bits per heavy atom. The number of hydrogen-bond acceptors (Lipinski definition) is 2. The van der Waals surface area contributed by atoms with Crippen LogP contribution in [0.1, 0.15) is 37.3 Å². The Morgan fingerprint density at radius 1 is 0.917 bits per heavy atom. The maximum Gasteiger partial charge on any atom is 0.0485 e. The first-order valence-electron chi connectivity index (χ1n) is 9.49. The van der Waals surface area contributed by atoms with Crippen molar-refractivity contribution < 1.29 is 0 Å². The summed E-state index contributed by atoms with van der Waals surface area (Å²) < 4.78 is 0. The van der Waals surface area contributed by atoms with Gasteiger partial charge in [-0.1, -0.05) is 56.3 Å². The zero-order valence-electron chi connectivity index (χ0n) is 15.1. The molecule has 24 heavy (non-hydrogen) atoms. The van der Waals surface area contributed by atoms with Crippen LogP contribution < -0.4 is 4.90 Å². The molecule has 2 unspecified atom stereocenters. The van der Waals surface area contributed by atoms with Crippen molar-refractivity contribution in [2.24, 2.45) is 0 Å². The van der Waals surface area contributed by atoms with Crippen molar-refractivity contribution in [3.63, 3.8) is 0 Å². The van der Waals surface area contributed by atoms with Crippen LogP contribution in [-0.2, 0) is 6.42 Å². The van der Waals surface area contributed by atoms with Gasteiger partial charge in [-0.05, 0) is 43.1 Å². The van der Waals surface area contributed by atoms with Gasteiger partial charge >= 0.3 is 0 Å². The molecule has 0 amide bonds. The van der Waals surface area contributed by atoms with Gasteiger partial charge in [-0.2, -0.15) is 0 Å². The minimum absolute atomic E-state index is 0.693. The third kappa shape index (κ3) is 2.28. The van der Waals surface area contributed by atoms with Crippen LogP contribution in [-0.4, -0.2) is 37.6 Å². The lowest BCUT2D eigenvalue weighted by Crippen LogP contribution is -2.45. The number of piperidine rings is 1. The van der Waals surface area contributed by atoms with Gasteiger partial charge in [0.05, 0.1) is 0 Å². The van der Waals surface area contributed by atoms with Crippen molar-refractivity contribution in [2.45, 2.75) is 38.6 Å². The van der Waals surface area contributed by atoms with Gasteiger partial charge in [-0.25, -0.2) is 0 Å². The summed E-state index contributed by atoms with van der Waals surface area (Å²) in [5.41, 5.74) is 7.55. The maximum absolute atomic E-state index is 2.74. The van der Waals surface area contributed by atoms with E-state index in [-0.39, 0.29) is 0 Å². The first-order chi connectivity index (χ1) is 11.8. The van der Waals surface area contributed by atoms with E-state index in [1.54, 1.807) is 5.56 Å². The Balaban J connectivity index is 0.000000704. The molecule has 3 aliphatic rings. The van der Waals surface area contributed by atoms with Crippen LogP contribution in [0, 0.1) is 0 Å². The fourth-order valence-corrected chi connectivity index (χ4v) is 4.87. The molecule has 3 aliphatic heterocycles. The van der Waals surface area contributed by atoms with Gasteiger partial charge in [0, 0.05) is 36.3 Å². The Bertz CT molecular complexity index is 736. The fourth-order valence-electron chi connectivity index (χ4n) is 4.87. The fraction of sp³-hybridized carbons (Fsp3) is 0.455. The van der Waals surface area contributed by atoms with E-state index in [0.717, 1.165) is 0 Å². The van der Waals surface area contributed by atoms with E-state index in [9.17, 15) is 0 Å². The van der Waals surface area contributed by atoms with Gasteiger partial charge in [0.1, 0.15) is 0 Å². The van der Waals surface area contributed by atoms with E-state index < -0.39 is 0 Å². The summed E-state index contributed by atoms with van der Waals surface area (Å²) in [5, 5.41) is 0. The molecule has 3 heterocycles. The molecule has 5 rings (SSSR count). The molecule has 2 heteroatoms. The quantitative estimate of drug-likeness (QED) is 0.703. The average molecular weight is 320 g/mol. The van der Waals surface area contributed by atoms with E-state index >= 15 is 0 Å². The number of fused-ring (bicyclic) bond motifs is 5. The first-order valence-corrected chi connectivity index (χ1v) is 9.49. The average Bonchev–Trinajstić information content (AvgIpc) is 2.84. The standard InChI is InChI=1S/C20H22N2.C2H6/c1-21-11-10-19-18(13-21)17-8-4-7-16-15-6-3-2-5-14(15)9-12-22(19)20(16)17;1-2/h2-8,18-19H,9-13H2,1H3;1-2H3. The molecular weight excluding hydrogens is 292 g/mol. The summed E-state index contributed by atoms with van der Waals surface area (Å²) in [6.07, 6.45) is 2.47. The molecule has 2 aromatic rings. The number of benzene rings is 2. The summed E-state index contributed by atoms with van der Waals surface area (Å²) in [4.78, 5) is 5.24. The minimum Gasteiger partial charge on any atom is -0.367 e. The molecule has 2 nitrogen and oxygen atoms in total. The highest BCUT2D eigenvalue weighted by Crippen LogP contribution is 2.50. The lowest BCUT2D eigenvalue weighted by atomic mass is 9.87. The predicted octanol–water partition coefficient (Wildman–Crippen LogP) is 4.54. The number of anilines is 1. The topological polar surface area (TPSA) is 6.48 Å². The van der Waals surface area contributed by atoms with E-state index in [1.807, 2.05) is 13.8 Å². The smallest absolute Gasteiger partial charge is 0.0485 e. The molecule has 0 saturated carbocycles. The molecule has 0 aliphatic carbocycles. The van der Waals surface area contributed by atoms with Crippen molar-refractivity contribution in [1.29, 1.82) is 0 Å². The van der Waals surface area contributed by atoms with Crippen LogP contribution in [0.5, 0.6) is 0 Å². The minimum atomic E-state index is 0.693. The summed E-state index contributed by atoms with van der Waals surface area (Å²) in [7, 11) is 2.27. The molecular formula is C22H28N2. The lowest BCUT2D eigenvalue weighted by molar-refractivity contribution is 0.231. The van der Waals surface area contributed by atoms with E-state index in [1.165, 1.54) is 54.9 Å². The second-order valence-corrected chi connectivity index (χ2v) is 7.07. The van der Waals surface area contributed by atoms with E-state index in [4.69, 9.17) is 0 Å². The van der Waals surface area contributed by atoms with Crippen molar-refractivity contribution in [3.05, 3.63) is 53.6 Å². The Morgan fingerprint density at radius 2 is 1.71 bits per heavy atom. The number of hydrogen-bond donors (Lipinski definition) is 0. The highest BCUT2D eigenvalue weighted by atomic mass is 15.2. The first kappa shape index (κ1) is 15.7. The second-order valence-electron chi connectivity index (χ2n) is 7.07. The second kappa shape index (κ2) is 6.25. The molecule has 0 spiro atoms. The number of nitrogens with zero attached hydrogens (tertiary/aromatic N) is 2. The molecule has 0 radical (unpaired) electrons. The largest absolute Gasteiger partial charge is 0.367 e. The molecule has 0 aromatic heterocycles. The predicted molar refractivity (Wildman–Crippen MR) is 103 cm³/mol. The maximum atomic E-state index is 2.74. The van der Waals surface area contributed by atoms with Crippen molar-refractivity contribution >= 4 is 5.69 Å². The molecule has 126 valence electrons. The third-order valence-corrected chi connectivity index (χ3v) is 5.86. The SMILES string of the molecule is CC.CN1CCC2C(C1)c1cccc3c1N2CCc1ccccc1-3. The van der Waals surface area contributed by atoms with Gasteiger partial charge in [0.2, 0.25) is 0 Å². The molecule has 1 saturated heterocycles. The van der Waals surface area contributed by atoms with Crippen molar-refractivity contribution in [2.75, 3.05) is 31.6 Å². The zero-order valence-corrected chi connectivity index (χ0v) is 15.1. The van der Waals surface area contributed by atoms with Gasteiger partial charge in [0.15, 0.2) is 0 Å². The third-order valence-electron chi connectivity index (χ3n) is 5.86. The lowest BCUT2D eigenvalue weighted by Gasteiger charge is -2.37. The Labute approximate surface area is 146 Å². The van der Waals surface area contributed by atoms with Crippen molar-refractivity contribution in [3.8, 4) is 11.1 Å². The normalized spacial score (nSPS) is 24.2. The number of likely N-dealkylation sites (tertiary alicyclic amines) is 1. The van der Waals surface area contributed by atoms with Crippen LogP contribution in [0.2, 0.25) is 0 Å². The highest BCUT2D eigenvalue weighted by molar-refractivity contribution is 5.86. The summed E-state index contributed by atoms with van der Waals surface area (Å²) >= 11 is 0. The Kier molecular flexibility index (Phi) is 4.09. The van der Waals surface area contributed by atoms with E-state index in [2.05, 4.69) is 59.3 Å². The van der Waals surface area contributed by atoms with Crippen LogP contribution in [0.3, 0.4) is 0 Å². The number of rotatable bonds is 0. The zero-order chi connectivity index (χ0) is 16.7. The van der Waals surface area contributed by atoms with Gasteiger partial charge in [-0.3, -0.25) is 0 Å². The summed E-state index contributed by atoms with van der Waals surface area (Å²) in [6, 6.07) is 16.7. The van der Waals surface area contributed by atoms with Crippen LogP contribution in [0.25, 0.3) is 11.1 Å². The van der Waals surface area contributed by atoms with Gasteiger partial charge < -0.3 is 9.80 Å². The molecule has 0 bridgehead atoms. The number of para-hydroxylation sites is 1. The monoisotopic (exact) mass is 320 g/mol. The van der Waals surface area contributed by atoms with Crippen LogP contribution in [0.4, 0.5) is 5.69 Å². The van der Waals surface area contributed by atoms with E-state index in [0.29, 0.717) is 12.0 Å². The van der Waals surface area contributed by atoms with Crippen LogP contribution in [0.15, 0.2) is 42.5 Å². The van der Waals surface area contributed by atoms with Gasteiger partial charge in [0.25, 0.3) is 0 Å². The molecule has 1 fully saturated rings. The van der Waals surface area contributed by atoms with Gasteiger partial charge in [-0.15, -0.1) is 0 Å². The highest BCUT2D eigenvalue weighted by Gasteiger charge is 2.42. The molecule has 2 aromatic carbocycles. The van der Waals surface area contributed by atoms with Crippen LogP contribution >= 0.6 is 0 Å².